The van der Waals surface area contributed by atoms with Crippen LogP contribution in [0.25, 0.3) is 0 Å². The lowest BCUT2D eigenvalue weighted by Crippen LogP contribution is -2.45. The smallest absolute Gasteiger partial charge is 0.403 e. The number of hydrogen-bond acceptors (Lipinski definition) is 4. The van der Waals surface area contributed by atoms with Gasteiger partial charge in [0.1, 0.15) is 0 Å². The van der Waals surface area contributed by atoms with Crippen molar-refractivity contribution in [2.24, 2.45) is 5.92 Å². The summed E-state index contributed by atoms with van der Waals surface area (Å²) in [7, 11) is 0. The van der Waals surface area contributed by atoms with E-state index in [1.807, 2.05) is 0 Å². The van der Waals surface area contributed by atoms with E-state index in [4.69, 9.17) is 10.2 Å². The second-order valence-corrected chi connectivity index (χ2v) is 4.66. The molecule has 0 saturated heterocycles. The number of aliphatic hydroxyl groups is 1. The predicted molar refractivity (Wildman–Crippen MR) is 59.0 cm³/mol. The minimum absolute atomic E-state index is 0.181. The standard InChI is InChI=1S/C9H16F3NO3S/c1-5(7(4-14)17-2)13-3-6(8(15)16)9(10,11)12/h5-7,13-14H,3-4H2,1-2H3,(H,15,16). The summed E-state index contributed by atoms with van der Waals surface area (Å²) in [4.78, 5) is 10.5. The first-order valence-corrected chi connectivity index (χ1v) is 6.19. The number of carboxylic acids is 1. The van der Waals surface area contributed by atoms with Crippen LogP contribution in [-0.2, 0) is 4.79 Å². The average molecular weight is 275 g/mol. The Kier molecular flexibility index (Phi) is 6.88. The van der Waals surface area contributed by atoms with Gasteiger partial charge in [0.2, 0.25) is 0 Å². The van der Waals surface area contributed by atoms with E-state index >= 15 is 0 Å². The molecule has 4 nitrogen and oxygen atoms in total. The second-order valence-electron chi connectivity index (χ2n) is 3.59. The average Bonchev–Trinajstić information content (AvgIpc) is 2.17. The molecule has 3 unspecified atom stereocenters. The highest BCUT2D eigenvalue weighted by molar-refractivity contribution is 7.99. The molecule has 3 N–H and O–H groups in total. The summed E-state index contributed by atoms with van der Waals surface area (Å²) in [5.41, 5.74) is 0. The first-order chi connectivity index (χ1) is 7.73. The van der Waals surface area contributed by atoms with Crippen LogP contribution >= 0.6 is 11.8 Å². The molecule has 0 aliphatic carbocycles. The highest BCUT2D eigenvalue weighted by Gasteiger charge is 2.45. The Balaban J connectivity index is 4.37. The molecule has 0 amide bonds. The van der Waals surface area contributed by atoms with Crippen molar-refractivity contribution in [3.05, 3.63) is 0 Å². The van der Waals surface area contributed by atoms with Crippen molar-refractivity contribution >= 4 is 17.7 Å². The van der Waals surface area contributed by atoms with Gasteiger partial charge in [-0.25, -0.2) is 0 Å². The number of carbonyl (C=O) groups is 1. The van der Waals surface area contributed by atoms with Crippen LogP contribution in [0.1, 0.15) is 6.92 Å². The van der Waals surface area contributed by atoms with Crippen molar-refractivity contribution in [3.63, 3.8) is 0 Å². The van der Waals surface area contributed by atoms with Crippen LogP contribution in [0.2, 0.25) is 0 Å². The quantitative estimate of drug-likeness (QED) is 0.645. The predicted octanol–water partition coefficient (Wildman–Crippen LogP) is 0.951. The van der Waals surface area contributed by atoms with Gasteiger partial charge in [-0.2, -0.15) is 24.9 Å². The molecule has 0 fully saturated rings. The summed E-state index contributed by atoms with van der Waals surface area (Å²) in [6.07, 6.45) is -3.05. The molecule has 0 heterocycles. The van der Waals surface area contributed by atoms with E-state index in [1.54, 1.807) is 13.2 Å². The highest BCUT2D eigenvalue weighted by atomic mass is 32.2. The maximum absolute atomic E-state index is 12.3. The minimum Gasteiger partial charge on any atom is -0.481 e. The van der Waals surface area contributed by atoms with Crippen molar-refractivity contribution in [1.82, 2.24) is 5.32 Å². The van der Waals surface area contributed by atoms with Gasteiger partial charge < -0.3 is 15.5 Å². The van der Waals surface area contributed by atoms with E-state index in [2.05, 4.69) is 5.32 Å². The van der Waals surface area contributed by atoms with Gasteiger partial charge in [0, 0.05) is 17.8 Å². The fourth-order valence-electron chi connectivity index (χ4n) is 1.22. The third kappa shape index (κ3) is 5.60. The molecule has 0 aromatic rings. The molecule has 8 heteroatoms. The van der Waals surface area contributed by atoms with Gasteiger partial charge in [-0.3, -0.25) is 4.79 Å². The molecule has 0 aliphatic heterocycles. The number of thioether (sulfide) groups is 1. The van der Waals surface area contributed by atoms with Gasteiger partial charge >= 0.3 is 12.1 Å². The van der Waals surface area contributed by atoms with E-state index in [1.165, 1.54) is 11.8 Å². The van der Waals surface area contributed by atoms with E-state index < -0.39 is 30.7 Å². The van der Waals surface area contributed by atoms with E-state index in [-0.39, 0.29) is 11.9 Å². The number of aliphatic carboxylic acids is 1. The summed E-state index contributed by atoms with van der Waals surface area (Å²) in [6.45, 7) is 0.725. The SMILES string of the molecule is CSC(CO)C(C)NCC(C(=O)O)C(F)(F)F. The molecular formula is C9H16F3NO3S. The summed E-state index contributed by atoms with van der Waals surface area (Å²) in [5.74, 6) is -4.33. The lowest BCUT2D eigenvalue weighted by atomic mass is 10.1. The fourth-order valence-corrected chi connectivity index (χ4v) is 1.87. The Morgan fingerprint density at radius 3 is 2.29 bits per heavy atom. The molecule has 0 aromatic heterocycles. The van der Waals surface area contributed by atoms with Crippen LogP contribution in [0.4, 0.5) is 13.2 Å². The molecule has 0 saturated carbocycles. The number of rotatable bonds is 7. The first kappa shape index (κ1) is 16.5. The van der Waals surface area contributed by atoms with Crippen molar-refractivity contribution in [3.8, 4) is 0 Å². The lowest BCUT2D eigenvalue weighted by Gasteiger charge is -2.24. The largest absolute Gasteiger partial charge is 0.481 e. The molecule has 0 spiro atoms. The molecule has 3 atom stereocenters. The molecule has 0 rings (SSSR count). The van der Waals surface area contributed by atoms with Crippen LogP contribution in [0.5, 0.6) is 0 Å². The third-order valence-corrected chi connectivity index (χ3v) is 3.54. The van der Waals surface area contributed by atoms with Crippen molar-refractivity contribution in [2.75, 3.05) is 19.4 Å². The molecule has 102 valence electrons. The number of hydrogen-bond donors (Lipinski definition) is 3. The number of alkyl halides is 3. The summed E-state index contributed by atoms with van der Waals surface area (Å²) >= 11 is 1.30. The number of carboxylic acid groups (broad SMARTS) is 1. The van der Waals surface area contributed by atoms with Crippen molar-refractivity contribution in [2.45, 2.75) is 24.4 Å². The van der Waals surface area contributed by atoms with E-state index in [0.717, 1.165) is 0 Å². The van der Waals surface area contributed by atoms with Crippen molar-refractivity contribution in [1.29, 1.82) is 0 Å². The Morgan fingerprint density at radius 2 is 2.00 bits per heavy atom. The third-order valence-electron chi connectivity index (χ3n) is 2.38. The van der Waals surface area contributed by atoms with Gasteiger partial charge in [0.15, 0.2) is 5.92 Å². The molecule has 0 bridgehead atoms. The zero-order valence-corrected chi connectivity index (χ0v) is 10.3. The van der Waals surface area contributed by atoms with Crippen molar-refractivity contribution < 1.29 is 28.2 Å². The van der Waals surface area contributed by atoms with E-state index in [9.17, 15) is 18.0 Å². The first-order valence-electron chi connectivity index (χ1n) is 4.90. The molecular weight excluding hydrogens is 259 g/mol. The van der Waals surface area contributed by atoms with Gasteiger partial charge in [-0.15, -0.1) is 0 Å². The summed E-state index contributed by atoms with van der Waals surface area (Å²) in [6, 6.07) is -0.404. The van der Waals surface area contributed by atoms with Gasteiger partial charge in [0.25, 0.3) is 0 Å². The molecule has 0 radical (unpaired) electrons. The number of nitrogens with one attached hydrogen (secondary N) is 1. The maximum Gasteiger partial charge on any atom is 0.403 e. The highest BCUT2D eigenvalue weighted by Crippen LogP contribution is 2.26. The Hall–Kier alpha value is -0.470. The van der Waals surface area contributed by atoms with Crippen LogP contribution in [-0.4, -0.2) is 53.1 Å². The summed E-state index contributed by atoms with van der Waals surface area (Å²) < 4.78 is 36.9. The number of halogens is 3. The fraction of sp³-hybridized carbons (Fsp3) is 0.889. The normalized spacial score (nSPS) is 17.5. The molecule has 17 heavy (non-hydrogen) atoms. The lowest BCUT2D eigenvalue weighted by molar-refractivity contribution is -0.192. The zero-order chi connectivity index (χ0) is 13.6. The number of aliphatic hydroxyl groups excluding tert-OH is 1. The molecule has 0 aromatic carbocycles. The Morgan fingerprint density at radius 1 is 1.47 bits per heavy atom. The van der Waals surface area contributed by atoms with Gasteiger partial charge in [-0.1, -0.05) is 0 Å². The monoisotopic (exact) mass is 275 g/mol. The second kappa shape index (κ2) is 7.07. The maximum atomic E-state index is 12.3. The molecule has 0 aliphatic rings. The van der Waals surface area contributed by atoms with E-state index in [0.29, 0.717) is 0 Å². The van der Waals surface area contributed by atoms with Crippen LogP contribution in [0.15, 0.2) is 0 Å². The topological polar surface area (TPSA) is 69.6 Å². The van der Waals surface area contributed by atoms with Crippen LogP contribution < -0.4 is 5.32 Å². The van der Waals surface area contributed by atoms with Gasteiger partial charge in [0.05, 0.1) is 6.61 Å². The van der Waals surface area contributed by atoms with Gasteiger partial charge in [-0.05, 0) is 13.2 Å². The van der Waals surface area contributed by atoms with Crippen LogP contribution in [0, 0.1) is 5.92 Å². The van der Waals surface area contributed by atoms with Crippen LogP contribution in [0.3, 0.4) is 0 Å². The Labute approximate surface area is 102 Å². The Bertz CT molecular complexity index is 246. The summed E-state index contributed by atoms with van der Waals surface area (Å²) in [5, 5.41) is 19.6. The zero-order valence-electron chi connectivity index (χ0n) is 9.49. The minimum atomic E-state index is -4.77.